The van der Waals surface area contributed by atoms with Crippen molar-refractivity contribution in [3.8, 4) is 0 Å². The van der Waals surface area contributed by atoms with E-state index in [2.05, 4.69) is 34.7 Å². The minimum absolute atomic E-state index is 1.02. The Bertz CT molecular complexity index is 850. The average molecular weight is 262 g/mol. The van der Waals surface area contributed by atoms with Crippen molar-refractivity contribution in [2.45, 2.75) is 4.90 Å². The van der Waals surface area contributed by atoms with E-state index in [9.17, 15) is 0 Å². The molecule has 0 atom stereocenters. The number of fused-ring (bicyclic) bond motifs is 4. The van der Waals surface area contributed by atoms with Gasteiger partial charge in [0.1, 0.15) is 0 Å². The Morgan fingerprint density at radius 3 is 2.89 bits per heavy atom. The summed E-state index contributed by atoms with van der Waals surface area (Å²) in [5.41, 5.74) is 3.26. The number of aromatic nitrogens is 1. The van der Waals surface area contributed by atoms with E-state index in [1.165, 1.54) is 33.2 Å². The molecule has 0 spiro atoms. The van der Waals surface area contributed by atoms with E-state index in [0.29, 0.717) is 0 Å². The molecule has 0 fully saturated rings. The molecule has 90 valence electrons. The van der Waals surface area contributed by atoms with E-state index >= 15 is 0 Å². The zero-order chi connectivity index (χ0) is 12.7. The Kier molecular flexibility index (Phi) is 2.38. The van der Waals surface area contributed by atoms with Crippen molar-refractivity contribution < 1.29 is 0 Å². The molecular formula is C16H10N2S. The molecule has 3 heteroatoms. The molecule has 0 saturated carbocycles. The molecule has 0 saturated heterocycles. The van der Waals surface area contributed by atoms with E-state index in [0.717, 1.165) is 11.0 Å². The van der Waals surface area contributed by atoms with E-state index in [-0.39, 0.29) is 0 Å². The molecule has 4 rings (SSSR count). The first-order valence-corrected chi connectivity index (χ1v) is 6.89. The number of allylic oxidation sites excluding steroid dienone is 1. The van der Waals surface area contributed by atoms with Gasteiger partial charge in [0.25, 0.3) is 0 Å². The third-order valence-corrected chi connectivity index (χ3v) is 4.11. The van der Waals surface area contributed by atoms with Crippen molar-refractivity contribution in [2.75, 3.05) is 0 Å². The molecule has 2 aromatic carbocycles. The molecule has 19 heavy (non-hydrogen) atoms. The van der Waals surface area contributed by atoms with Crippen molar-refractivity contribution >= 4 is 46.0 Å². The maximum atomic E-state index is 4.73. The monoisotopic (exact) mass is 262 g/mol. The van der Waals surface area contributed by atoms with Crippen LogP contribution in [-0.4, -0.2) is 11.2 Å². The van der Waals surface area contributed by atoms with E-state index in [1.54, 1.807) is 0 Å². The SMILES string of the molecule is C1=Cc2ccc3nc4ccccc4cc3c2SN=C1. The minimum Gasteiger partial charge on any atom is -0.248 e. The molecule has 0 unspecified atom stereocenters. The van der Waals surface area contributed by atoms with Gasteiger partial charge in [-0.1, -0.05) is 30.3 Å². The van der Waals surface area contributed by atoms with Crippen LogP contribution in [0.25, 0.3) is 27.9 Å². The summed E-state index contributed by atoms with van der Waals surface area (Å²) in [7, 11) is 0. The summed E-state index contributed by atoms with van der Waals surface area (Å²) in [4.78, 5) is 5.91. The van der Waals surface area contributed by atoms with Crippen LogP contribution in [0.1, 0.15) is 5.56 Å². The highest BCUT2D eigenvalue weighted by Crippen LogP contribution is 2.34. The van der Waals surface area contributed by atoms with Crippen molar-refractivity contribution in [1.82, 2.24) is 4.98 Å². The van der Waals surface area contributed by atoms with Gasteiger partial charge < -0.3 is 0 Å². The van der Waals surface area contributed by atoms with Gasteiger partial charge in [0.15, 0.2) is 0 Å². The molecule has 1 aliphatic heterocycles. The first-order chi connectivity index (χ1) is 9.42. The first kappa shape index (κ1) is 10.8. The van der Waals surface area contributed by atoms with Crippen molar-refractivity contribution in [2.24, 2.45) is 4.40 Å². The molecule has 0 N–H and O–H groups in total. The summed E-state index contributed by atoms with van der Waals surface area (Å²) >= 11 is 1.51. The highest BCUT2D eigenvalue weighted by atomic mass is 32.2. The summed E-state index contributed by atoms with van der Waals surface area (Å²) in [6.45, 7) is 0. The lowest BCUT2D eigenvalue weighted by Gasteiger charge is -2.07. The second-order valence-electron chi connectivity index (χ2n) is 4.44. The van der Waals surface area contributed by atoms with Gasteiger partial charge in [-0.05, 0) is 29.8 Å². The van der Waals surface area contributed by atoms with Gasteiger partial charge in [-0.2, -0.15) is 0 Å². The van der Waals surface area contributed by atoms with Gasteiger partial charge in [0, 0.05) is 33.8 Å². The number of rotatable bonds is 0. The second kappa shape index (κ2) is 4.21. The zero-order valence-corrected chi connectivity index (χ0v) is 10.9. The van der Waals surface area contributed by atoms with Crippen LogP contribution in [0.15, 0.2) is 57.8 Å². The number of para-hydroxylation sites is 1. The van der Waals surface area contributed by atoms with Crippen LogP contribution in [0.4, 0.5) is 0 Å². The summed E-state index contributed by atoms with van der Waals surface area (Å²) in [6, 6.07) is 14.6. The fourth-order valence-corrected chi connectivity index (χ4v) is 3.08. The molecule has 0 radical (unpaired) electrons. The minimum atomic E-state index is 1.02. The van der Waals surface area contributed by atoms with Gasteiger partial charge in [0.05, 0.1) is 11.0 Å². The molecule has 0 aliphatic carbocycles. The average Bonchev–Trinajstić information content (AvgIpc) is 2.70. The summed E-state index contributed by atoms with van der Waals surface area (Å²) in [5.74, 6) is 0. The molecule has 2 heterocycles. The van der Waals surface area contributed by atoms with Gasteiger partial charge >= 0.3 is 0 Å². The Morgan fingerprint density at radius 2 is 1.89 bits per heavy atom. The highest BCUT2D eigenvalue weighted by molar-refractivity contribution is 7.98. The molecule has 1 aliphatic rings. The van der Waals surface area contributed by atoms with Gasteiger partial charge in [0.2, 0.25) is 0 Å². The van der Waals surface area contributed by atoms with Gasteiger partial charge in [-0.25, -0.2) is 9.38 Å². The van der Waals surface area contributed by atoms with Crippen LogP contribution < -0.4 is 0 Å². The number of benzene rings is 2. The fourth-order valence-electron chi connectivity index (χ4n) is 2.34. The maximum Gasteiger partial charge on any atom is 0.0722 e. The lowest BCUT2D eigenvalue weighted by atomic mass is 10.1. The van der Waals surface area contributed by atoms with Crippen molar-refractivity contribution in [3.05, 3.63) is 54.1 Å². The molecule has 1 aromatic heterocycles. The topological polar surface area (TPSA) is 25.2 Å². The van der Waals surface area contributed by atoms with Gasteiger partial charge in [-0.15, -0.1) is 0 Å². The molecular weight excluding hydrogens is 252 g/mol. The van der Waals surface area contributed by atoms with E-state index < -0.39 is 0 Å². The van der Waals surface area contributed by atoms with Crippen LogP contribution in [-0.2, 0) is 0 Å². The van der Waals surface area contributed by atoms with Crippen LogP contribution in [0.3, 0.4) is 0 Å². The Morgan fingerprint density at radius 1 is 0.947 bits per heavy atom. The number of pyridine rings is 1. The van der Waals surface area contributed by atoms with Crippen LogP contribution >= 0.6 is 11.9 Å². The Balaban J connectivity index is 2.13. The third-order valence-electron chi connectivity index (χ3n) is 3.25. The number of nitrogens with zero attached hydrogens (tertiary/aromatic N) is 2. The number of hydrogen-bond donors (Lipinski definition) is 0. The van der Waals surface area contributed by atoms with Crippen LogP contribution in [0.2, 0.25) is 0 Å². The normalized spacial score (nSPS) is 13.7. The smallest absolute Gasteiger partial charge is 0.0722 e. The van der Waals surface area contributed by atoms with Crippen LogP contribution in [0.5, 0.6) is 0 Å². The van der Waals surface area contributed by atoms with Gasteiger partial charge in [-0.3, -0.25) is 0 Å². The first-order valence-electron chi connectivity index (χ1n) is 6.11. The summed E-state index contributed by atoms with van der Waals surface area (Å²) < 4.78 is 4.32. The third kappa shape index (κ3) is 1.74. The Hall–Kier alpha value is -2.13. The van der Waals surface area contributed by atoms with E-state index in [4.69, 9.17) is 4.98 Å². The van der Waals surface area contributed by atoms with E-state index in [1.807, 2.05) is 30.5 Å². The number of hydrogen-bond acceptors (Lipinski definition) is 3. The standard InChI is InChI=1S/C16H10N2S/c1-2-6-14-12(4-1)10-13-15(18-14)8-7-11-5-3-9-17-19-16(11)13/h1-10H. The van der Waals surface area contributed by atoms with Crippen molar-refractivity contribution in [1.29, 1.82) is 0 Å². The Labute approximate surface area is 115 Å². The predicted molar refractivity (Wildman–Crippen MR) is 82.6 cm³/mol. The predicted octanol–water partition coefficient (Wildman–Crippen LogP) is 4.49. The maximum absolute atomic E-state index is 4.73. The molecule has 2 nitrogen and oxygen atoms in total. The fraction of sp³-hybridized carbons (Fsp3) is 0. The molecule has 0 amide bonds. The second-order valence-corrected chi connectivity index (χ2v) is 5.24. The lowest BCUT2D eigenvalue weighted by Crippen LogP contribution is -1.86. The largest absolute Gasteiger partial charge is 0.248 e. The highest BCUT2D eigenvalue weighted by Gasteiger charge is 2.09. The summed E-state index contributed by atoms with van der Waals surface area (Å²) in [5, 5.41) is 2.34. The molecule has 3 aromatic rings. The summed E-state index contributed by atoms with van der Waals surface area (Å²) in [6.07, 6.45) is 5.89. The molecule has 0 bridgehead atoms. The zero-order valence-electron chi connectivity index (χ0n) is 10.1. The van der Waals surface area contributed by atoms with Crippen molar-refractivity contribution in [3.63, 3.8) is 0 Å². The quantitative estimate of drug-likeness (QED) is 0.440. The van der Waals surface area contributed by atoms with Crippen LogP contribution in [0, 0.1) is 0 Å². The lowest BCUT2D eigenvalue weighted by molar-refractivity contribution is 1.43.